The van der Waals surface area contributed by atoms with Gasteiger partial charge in [0, 0.05) is 20.7 Å². The molecule has 0 aliphatic rings. The normalized spacial score (nSPS) is 11.1. The molecule has 0 aliphatic carbocycles. The highest BCUT2D eigenvalue weighted by Crippen LogP contribution is 2.29. The summed E-state index contributed by atoms with van der Waals surface area (Å²) in [5, 5.41) is 12.2. The molecule has 29 heavy (non-hydrogen) atoms. The maximum atomic E-state index is 5.93. The minimum absolute atomic E-state index is 0.464. The second kappa shape index (κ2) is 7.24. The van der Waals surface area contributed by atoms with E-state index >= 15 is 0 Å². The van der Waals surface area contributed by atoms with Crippen LogP contribution >= 0.6 is 22.6 Å². The van der Waals surface area contributed by atoms with Crippen molar-refractivity contribution in [2.75, 3.05) is 5.32 Å². The zero-order valence-corrected chi connectivity index (χ0v) is 17.4. The number of halogens is 1. The van der Waals surface area contributed by atoms with Crippen molar-refractivity contribution >= 4 is 50.6 Å². The first-order valence-corrected chi connectivity index (χ1v) is 9.85. The van der Waals surface area contributed by atoms with Crippen LogP contribution in [0.1, 0.15) is 5.56 Å². The van der Waals surface area contributed by atoms with Gasteiger partial charge in [-0.2, -0.15) is 0 Å². The molecule has 1 N–H and O–H groups in total. The van der Waals surface area contributed by atoms with Crippen LogP contribution in [0.4, 0.5) is 11.5 Å². The predicted octanol–water partition coefficient (Wildman–Crippen LogP) is 4.52. The Morgan fingerprint density at radius 2 is 1.93 bits per heavy atom. The highest BCUT2D eigenvalue weighted by atomic mass is 127. The molecule has 5 aromatic rings. The van der Waals surface area contributed by atoms with E-state index in [4.69, 9.17) is 4.74 Å². The number of hydrogen-bond donors (Lipinski definition) is 1. The van der Waals surface area contributed by atoms with Crippen LogP contribution < -0.4 is 10.1 Å². The van der Waals surface area contributed by atoms with Gasteiger partial charge in [0.2, 0.25) is 5.88 Å². The molecular formula is C20H14IN7O. The maximum Gasteiger partial charge on any atom is 0.224 e. The van der Waals surface area contributed by atoms with Crippen LogP contribution in [0.15, 0.2) is 61.4 Å². The fourth-order valence-electron chi connectivity index (χ4n) is 2.99. The van der Waals surface area contributed by atoms with Gasteiger partial charge in [-0.15, -0.1) is 10.2 Å². The van der Waals surface area contributed by atoms with Gasteiger partial charge in [-0.3, -0.25) is 4.40 Å². The standard InChI is InChI=1S/C20H14IN7O/c1-12-6-14(26-20-15-7-13(21)2-4-16(15)22-9-23-20)3-5-17(12)29-19-8-18-27-25-11-28(18)10-24-19/h2-11H,1H3,(H,22,23,26). The summed E-state index contributed by atoms with van der Waals surface area (Å²) in [6.07, 6.45) is 4.78. The first kappa shape index (κ1) is 17.7. The predicted molar refractivity (Wildman–Crippen MR) is 118 cm³/mol. The Kier molecular flexibility index (Phi) is 4.43. The molecule has 0 fully saturated rings. The molecule has 0 bridgehead atoms. The molecular weight excluding hydrogens is 481 g/mol. The lowest BCUT2D eigenvalue weighted by Gasteiger charge is -2.12. The molecule has 0 saturated heterocycles. The molecule has 3 aromatic heterocycles. The van der Waals surface area contributed by atoms with Crippen molar-refractivity contribution in [2.45, 2.75) is 6.92 Å². The van der Waals surface area contributed by atoms with E-state index in [1.807, 2.05) is 37.3 Å². The third-order valence-electron chi connectivity index (χ3n) is 4.41. The number of fused-ring (bicyclic) bond motifs is 2. The number of benzene rings is 2. The summed E-state index contributed by atoms with van der Waals surface area (Å²) in [4.78, 5) is 13.0. The number of nitrogens with zero attached hydrogens (tertiary/aromatic N) is 6. The number of ether oxygens (including phenoxy) is 1. The van der Waals surface area contributed by atoms with E-state index in [0.29, 0.717) is 17.3 Å². The third-order valence-corrected chi connectivity index (χ3v) is 5.08. The van der Waals surface area contributed by atoms with Crippen molar-refractivity contribution in [3.8, 4) is 11.6 Å². The Hall–Kier alpha value is -3.34. The average Bonchev–Trinajstić information content (AvgIpc) is 3.18. The Labute approximate surface area is 179 Å². The minimum Gasteiger partial charge on any atom is -0.439 e. The lowest BCUT2D eigenvalue weighted by atomic mass is 10.2. The fraction of sp³-hybridized carbons (Fsp3) is 0.0500. The number of aromatic nitrogens is 6. The smallest absolute Gasteiger partial charge is 0.224 e. The van der Waals surface area contributed by atoms with Crippen molar-refractivity contribution < 1.29 is 4.74 Å². The average molecular weight is 495 g/mol. The summed E-state index contributed by atoms with van der Waals surface area (Å²) < 4.78 is 8.78. The van der Waals surface area contributed by atoms with Crippen LogP contribution in [0.5, 0.6) is 11.6 Å². The molecule has 0 spiro atoms. The van der Waals surface area contributed by atoms with Gasteiger partial charge in [-0.05, 0) is 71.5 Å². The summed E-state index contributed by atoms with van der Waals surface area (Å²) in [6.45, 7) is 1.98. The number of anilines is 2. The van der Waals surface area contributed by atoms with Crippen LogP contribution in [-0.2, 0) is 0 Å². The molecule has 8 nitrogen and oxygen atoms in total. The van der Waals surface area contributed by atoms with E-state index in [1.54, 1.807) is 29.4 Å². The number of rotatable bonds is 4. The molecule has 0 aliphatic heterocycles. The second-order valence-electron chi connectivity index (χ2n) is 6.41. The van der Waals surface area contributed by atoms with Crippen LogP contribution in [0, 0.1) is 10.5 Å². The first-order chi connectivity index (χ1) is 14.2. The van der Waals surface area contributed by atoms with E-state index in [9.17, 15) is 0 Å². The molecule has 142 valence electrons. The van der Waals surface area contributed by atoms with Crippen LogP contribution in [0.3, 0.4) is 0 Å². The van der Waals surface area contributed by atoms with E-state index in [1.165, 1.54) is 0 Å². The van der Waals surface area contributed by atoms with Crippen molar-refractivity contribution in [3.63, 3.8) is 0 Å². The van der Waals surface area contributed by atoms with Crippen molar-refractivity contribution in [2.24, 2.45) is 0 Å². The summed E-state index contributed by atoms with van der Waals surface area (Å²) in [5.74, 6) is 1.94. The Morgan fingerprint density at radius 3 is 2.83 bits per heavy atom. The number of aryl methyl sites for hydroxylation is 1. The lowest BCUT2D eigenvalue weighted by molar-refractivity contribution is 0.458. The molecule has 3 heterocycles. The highest BCUT2D eigenvalue weighted by Gasteiger charge is 2.08. The first-order valence-electron chi connectivity index (χ1n) is 8.77. The van der Waals surface area contributed by atoms with E-state index in [-0.39, 0.29) is 0 Å². The number of hydrogen-bond acceptors (Lipinski definition) is 7. The molecule has 0 amide bonds. The highest BCUT2D eigenvalue weighted by molar-refractivity contribution is 14.1. The summed E-state index contributed by atoms with van der Waals surface area (Å²) in [7, 11) is 0. The molecule has 5 rings (SSSR count). The maximum absolute atomic E-state index is 5.93. The van der Waals surface area contributed by atoms with Gasteiger partial charge in [0.15, 0.2) is 5.65 Å². The molecule has 0 saturated carbocycles. The second-order valence-corrected chi connectivity index (χ2v) is 7.66. The molecule has 9 heteroatoms. The largest absolute Gasteiger partial charge is 0.439 e. The van der Waals surface area contributed by atoms with E-state index < -0.39 is 0 Å². The summed E-state index contributed by atoms with van der Waals surface area (Å²) >= 11 is 2.28. The Morgan fingerprint density at radius 1 is 1.00 bits per heavy atom. The van der Waals surface area contributed by atoms with Gasteiger partial charge < -0.3 is 10.1 Å². The zero-order chi connectivity index (χ0) is 19.8. The topological polar surface area (TPSA) is 90.1 Å². The van der Waals surface area contributed by atoms with Gasteiger partial charge >= 0.3 is 0 Å². The molecule has 0 unspecified atom stereocenters. The summed E-state index contributed by atoms with van der Waals surface area (Å²) in [5.41, 5.74) is 3.45. The monoisotopic (exact) mass is 495 g/mol. The van der Waals surface area contributed by atoms with Gasteiger partial charge in [0.1, 0.15) is 30.5 Å². The third kappa shape index (κ3) is 3.56. The van der Waals surface area contributed by atoms with Crippen LogP contribution in [0.25, 0.3) is 16.6 Å². The molecule has 0 atom stereocenters. The van der Waals surface area contributed by atoms with E-state index in [2.05, 4.69) is 59.1 Å². The Balaban J connectivity index is 1.42. The molecule has 0 radical (unpaired) electrons. The Bertz CT molecular complexity index is 1350. The lowest BCUT2D eigenvalue weighted by Crippen LogP contribution is -1.98. The fourth-order valence-corrected chi connectivity index (χ4v) is 3.48. The minimum atomic E-state index is 0.464. The van der Waals surface area contributed by atoms with Gasteiger partial charge in [-0.1, -0.05) is 0 Å². The van der Waals surface area contributed by atoms with Crippen molar-refractivity contribution in [1.29, 1.82) is 0 Å². The van der Waals surface area contributed by atoms with Gasteiger partial charge in [0.05, 0.1) is 5.52 Å². The quantitative estimate of drug-likeness (QED) is 0.367. The van der Waals surface area contributed by atoms with E-state index in [0.717, 1.165) is 31.5 Å². The van der Waals surface area contributed by atoms with Crippen molar-refractivity contribution in [3.05, 3.63) is 70.6 Å². The van der Waals surface area contributed by atoms with Gasteiger partial charge in [-0.25, -0.2) is 15.0 Å². The summed E-state index contributed by atoms with van der Waals surface area (Å²) in [6, 6.07) is 13.7. The van der Waals surface area contributed by atoms with Crippen molar-refractivity contribution in [1.82, 2.24) is 29.5 Å². The van der Waals surface area contributed by atoms with Crippen LogP contribution in [-0.4, -0.2) is 29.5 Å². The zero-order valence-electron chi connectivity index (χ0n) is 15.2. The van der Waals surface area contributed by atoms with Crippen LogP contribution in [0.2, 0.25) is 0 Å². The van der Waals surface area contributed by atoms with Gasteiger partial charge in [0.25, 0.3) is 0 Å². The number of nitrogens with one attached hydrogen (secondary N) is 1. The SMILES string of the molecule is Cc1cc(Nc2ncnc3ccc(I)cc23)ccc1Oc1cc2nncn2cn1. The molecule has 2 aromatic carbocycles.